The van der Waals surface area contributed by atoms with E-state index in [1.807, 2.05) is 25.1 Å². The zero-order valence-electron chi connectivity index (χ0n) is 11.1. The molecule has 0 bridgehead atoms. The molecule has 1 saturated carbocycles. The number of nitrogens with one attached hydrogen (secondary N) is 1. The standard InChI is InChI=1S/C14H22N2O2/c1-3-18-14-9-10(7-8-11(14)15)16-12-5-4-6-13(12)17-2/h7-9,12-13,16H,3-6,15H2,1-2H3. The van der Waals surface area contributed by atoms with E-state index in [2.05, 4.69) is 5.32 Å². The van der Waals surface area contributed by atoms with Crippen molar-refractivity contribution in [2.24, 2.45) is 0 Å². The fraction of sp³-hybridized carbons (Fsp3) is 0.571. The van der Waals surface area contributed by atoms with Crippen LogP contribution in [0.1, 0.15) is 26.2 Å². The first-order valence-corrected chi connectivity index (χ1v) is 6.56. The van der Waals surface area contributed by atoms with Gasteiger partial charge in [-0.3, -0.25) is 0 Å². The molecule has 0 saturated heterocycles. The third-order valence-electron chi connectivity index (χ3n) is 3.42. The smallest absolute Gasteiger partial charge is 0.144 e. The summed E-state index contributed by atoms with van der Waals surface area (Å²) in [5.41, 5.74) is 7.58. The fourth-order valence-electron chi connectivity index (χ4n) is 2.49. The van der Waals surface area contributed by atoms with E-state index in [-0.39, 0.29) is 0 Å². The Morgan fingerprint density at radius 3 is 2.94 bits per heavy atom. The van der Waals surface area contributed by atoms with Crippen LogP contribution in [0.2, 0.25) is 0 Å². The number of nitrogens with two attached hydrogens (primary N) is 1. The summed E-state index contributed by atoms with van der Waals surface area (Å²) in [6, 6.07) is 6.21. The van der Waals surface area contributed by atoms with Crippen molar-refractivity contribution in [1.82, 2.24) is 0 Å². The van der Waals surface area contributed by atoms with E-state index in [0.29, 0.717) is 24.4 Å². The molecule has 0 spiro atoms. The number of hydrogen-bond donors (Lipinski definition) is 2. The van der Waals surface area contributed by atoms with Crippen LogP contribution >= 0.6 is 0 Å². The van der Waals surface area contributed by atoms with Gasteiger partial charge in [-0.25, -0.2) is 0 Å². The summed E-state index contributed by atoms with van der Waals surface area (Å²) < 4.78 is 11.0. The number of methoxy groups -OCH3 is 1. The Hall–Kier alpha value is -1.42. The minimum Gasteiger partial charge on any atom is -0.492 e. The van der Waals surface area contributed by atoms with Crippen LogP contribution in [0.5, 0.6) is 5.75 Å². The van der Waals surface area contributed by atoms with Crippen LogP contribution in [0, 0.1) is 0 Å². The lowest BCUT2D eigenvalue weighted by Crippen LogP contribution is -2.29. The molecule has 4 nitrogen and oxygen atoms in total. The molecule has 2 unspecified atom stereocenters. The molecule has 0 aliphatic heterocycles. The van der Waals surface area contributed by atoms with Crippen LogP contribution in [0.15, 0.2) is 18.2 Å². The fourth-order valence-corrected chi connectivity index (χ4v) is 2.49. The zero-order valence-corrected chi connectivity index (χ0v) is 11.1. The average Bonchev–Trinajstić information content (AvgIpc) is 2.81. The Bertz CT molecular complexity index is 395. The van der Waals surface area contributed by atoms with Gasteiger partial charge in [0, 0.05) is 18.9 Å². The molecule has 1 aliphatic carbocycles. The maximum atomic E-state index is 5.86. The molecule has 18 heavy (non-hydrogen) atoms. The molecule has 100 valence electrons. The maximum Gasteiger partial charge on any atom is 0.144 e. The first kappa shape index (κ1) is 13.0. The Kier molecular flexibility index (Phi) is 4.31. The lowest BCUT2D eigenvalue weighted by atomic mass is 10.2. The van der Waals surface area contributed by atoms with E-state index >= 15 is 0 Å². The van der Waals surface area contributed by atoms with Gasteiger partial charge in [0.05, 0.1) is 24.4 Å². The average molecular weight is 250 g/mol. The minimum absolute atomic E-state index is 0.304. The normalized spacial score (nSPS) is 23.0. The molecule has 1 aliphatic rings. The van der Waals surface area contributed by atoms with Gasteiger partial charge < -0.3 is 20.5 Å². The lowest BCUT2D eigenvalue weighted by Gasteiger charge is -2.21. The van der Waals surface area contributed by atoms with Gasteiger partial charge in [0.1, 0.15) is 5.75 Å². The summed E-state index contributed by atoms with van der Waals surface area (Å²) in [5.74, 6) is 0.745. The largest absolute Gasteiger partial charge is 0.492 e. The Balaban J connectivity index is 2.07. The Morgan fingerprint density at radius 1 is 1.39 bits per heavy atom. The zero-order chi connectivity index (χ0) is 13.0. The molecule has 1 aromatic rings. The van der Waals surface area contributed by atoms with E-state index in [4.69, 9.17) is 15.2 Å². The summed E-state index contributed by atoms with van der Waals surface area (Å²) in [5, 5.41) is 3.51. The molecule has 1 fully saturated rings. The van der Waals surface area contributed by atoms with Crippen molar-refractivity contribution >= 4 is 11.4 Å². The predicted octanol–water partition coefficient (Wildman–Crippen LogP) is 2.65. The molecule has 0 aromatic heterocycles. The van der Waals surface area contributed by atoms with E-state index in [0.717, 1.165) is 24.3 Å². The summed E-state index contributed by atoms with van der Waals surface area (Å²) in [6.07, 6.45) is 3.79. The summed E-state index contributed by atoms with van der Waals surface area (Å²) in [6.45, 7) is 2.58. The van der Waals surface area contributed by atoms with Crippen molar-refractivity contribution < 1.29 is 9.47 Å². The van der Waals surface area contributed by atoms with Crippen molar-refractivity contribution in [3.05, 3.63) is 18.2 Å². The van der Waals surface area contributed by atoms with Crippen molar-refractivity contribution in [1.29, 1.82) is 0 Å². The molecule has 3 N–H and O–H groups in total. The van der Waals surface area contributed by atoms with Gasteiger partial charge in [-0.1, -0.05) is 0 Å². The molecule has 4 heteroatoms. The minimum atomic E-state index is 0.304. The third-order valence-corrected chi connectivity index (χ3v) is 3.42. The second-order valence-corrected chi connectivity index (χ2v) is 4.64. The molecule has 0 amide bonds. The molecule has 2 rings (SSSR count). The maximum absolute atomic E-state index is 5.86. The monoisotopic (exact) mass is 250 g/mol. The first-order valence-electron chi connectivity index (χ1n) is 6.56. The molecular formula is C14H22N2O2. The van der Waals surface area contributed by atoms with Gasteiger partial charge in [-0.15, -0.1) is 0 Å². The van der Waals surface area contributed by atoms with Gasteiger partial charge >= 0.3 is 0 Å². The van der Waals surface area contributed by atoms with Gasteiger partial charge in [-0.05, 0) is 38.3 Å². The summed E-state index contributed by atoms with van der Waals surface area (Å²) in [4.78, 5) is 0. The Labute approximate surface area is 108 Å². The molecular weight excluding hydrogens is 228 g/mol. The van der Waals surface area contributed by atoms with E-state index in [9.17, 15) is 0 Å². The summed E-state index contributed by atoms with van der Waals surface area (Å²) >= 11 is 0. The van der Waals surface area contributed by atoms with E-state index < -0.39 is 0 Å². The third kappa shape index (κ3) is 2.88. The van der Waals surface area contributed by atoms with E-state index in [1.54, 1.807) is 7.11 Å². The first-order chi connectivity index (χ1) is 8.74. The van der Waals surface area contributed by atoms with Crippen molar-refractivity contribution in [3.8, 4) is 5.75 Å². The molecule has 1 aromatic carbocycles. The van der Waals surface area contributed by atoms with Crippen LogP contribution in [0.3, 0.4) is 0 Å². The van der Waals surface area contributed by atoms with Crippen LogP contribution in [-0.2, 0) is 4.74 Å². The van der Waals surface area contributed by atoms with Gasteiger partial charge in [0.15, 0.2) is 0 Å². The van der Waals surface area contributed by atoms with Gasteiger partial charge in [0.2, 0.25) is 0 Å². The molecule has 0 heterocycles. The number of anilines is 2. The van der Waals surface area contributed by atoms with Crippen LogP contribution in [0.25, 0.3) is 0 Å². The second-order valence-electron chi connectivity index (χ2n) is 4.64. The van der Waals surface area contributed by atoms with Crippen LogP contribution < -0.4 is 15.8 Å². The Morgan fingerprint density at radius 2 is 2.22 bits per heavy atom. The number of benzene rings is 1. The van der Waals surface area contributed by atoms with Gasteiger partial charge in [0.25, 0.3) is 0 Å². The highest BCUT2D eigenvalue weighted by Gasteiger charge is 2.26. The number of ether oxygens (including phenoxy) is 2. The van der Waals surface area contributed by atoms with Crippen molar-refractivity contribution in [2.75, 3.05) is 24.8 Å². The van der Waals surface area contributed by atoms with Crippen molar-refractivity contribution in [3.63, 3.8) is 0 Å². The topological polar surface area (TPSA) is 56.5 Å². The molecule has 2 atom stereocenters. The number of nitrogen functional groups attached to an aromatic ring is 1. The number of rotatable bonds is 5. The highest BCUT2D eigenvalue weighted by molar-refractivity contribution is 5.61. The van der Waals surface area contributed by atoms with Crippen LogP contribution in [0.4, 0.5) is 11.4 Å². The van der Waals surface area contributed by atoms with Gasteiger partial charge in [-0.2, -0.15) is 0 Å². The van der Waals surface area contributed by atoms with Crippen LogP contribution in [-0.4, -0.2) is 25.9 Å². The molecule has 0 radical (unpaired) electrons. The second kappa shape index (κ2) is 5.96. The highest BCUT2D eigenvalue weighted by atomic mass is 16.5. The quantitative estimate of drug-likeness (QED) is 0.789. The summed E-state index contributed by atoms with van der Waals surface area (Å²) in [7, 11) is 1.78. The van der Waals surface area contributed by atoms with E-state index in [1.165, 1.54) is 6.42 Å². The SMILES string of the molecule is CCOc1cc(NC2CCCC2OC)ccc1N. The highest BCUT2D eigenvalue weighted by Crippen LogP contribution is 2.29. The predicted molar refractivity (Wildman–Crippen MR) is 74.1 cm³/mol. The number of hydrogen-bond acceptors (Lipinski definition) is 4. The lowest BCUT2D eigenvalue weighted by molar-refractivity contribution is 0.101. The van der Waals surface area contributed by atoms with Crippen molar-refractivity contribution in [2.45, 2.75) is 38.3 Å².